The molecule has 12 nitrogen and oxygen atoms in total. The maximum atomic E-state index is 12.9. The fraction of sp³-hybridized carbons (Fsp3) is 0.294. The standard InChI is InChI=1S/C34H36N6O6S/c41-31(21-36-34(43)44)40-15-1-2-30(40)32-35-20-29(38-32)26-9-5-24(6-10-26)25-7-11-27(12-8-25)33(42)37-28-13-3-23(4-14-28)22-39-16-18-47(45,46)19-17-39/h3-14,20,30,36H,1-2,15-19,21-22H2,(H,35,38)(H,37,42)(H,43,44)/t30-/m0/s1. The molecule has 3 heterocycles. The van der Waals surface area contributed by atoms with Crippen LogP contribution in [0.25, 0.3) is 22.4 Å². The van der Waals surface area contributed by atoms with Crippen molar-refractivity contribution in [3.63, 3.8) is 0 Å². The number of nitrogens with one attached hydrogen (secondary N) is 3. The van der Waals surface area contributed by atoms with Crippen molar-refractivity contribution in [1.29, 1.82) is 0 Å². The quantitative estimate of drug-likeness (QED) is 0.209. The zero-order valence-electron chi connectivity index (χ0n) is 25.7. The van der Waals surface area contributed by atoms with E-state index in [4.69, 9.17) is 5.11 Å². The van der Waals surface area contributed by atoms with Gasteiger partial charge in [0.05, 0.1) is 29.4 Å². The maximum absolute atomic E-state index is 12.9. The first-order valence-electron chi connectivity index (χ1n) is 15.5. The summed E-state index contributed by atoms with van der Waals surface area (Å²) < 4.78 is 23.3. The van der Waals surface area contributed by atoms with Gasteiger partial charge in [0.2, 0.25) is 5.91 Å². The van der Waals surface area contributed by atoms with Gasteiger partial charge in [0, 0.05) is 37.4 Å². The van der Waals surface area contributed by atoms with Crippen molar-refractivity contribution in [2.75, 3.05) is 43.0 Å². The molecule has 0 radical (unpaired) electrons. The van der Waals surface area contributed by atoms with Gasteiger partial charge in [0.1, 0.15) is 12.4 Å². The molecule has 1 aromatic heterocycles. The van der Waals surface area contributed by atoms with Gasteiger partial charge in [0.15, 0.2) is 9.84 Å². The summed E-state index contributed by atoms with van der Waals surface area (Å²) in [5, 5.41) is 13.9. The molecule has 0 saturated carbocycles. The highest BCUT2D eigenvalue weighted by atomic mass is 32.2. The van der Waals surface area contributed by atoms with Gasteiger partial charge >= 0.3 is 6.09 Å². The first kappa shape index (κ1) is 32.0. The van der Waals surface area contributed by atoms with Crippen molar-refractivity contribution >= 4 is 33.4 Å². The lowest BCUT2D eigenvalue weighted by molar-refractivity contribution is -0.131. The third-order valence-electron chi connectivity index (χ3n) is 8.61. The van der Waals surface area contributed by atoms with E-state index in [1.807, 2.05) is 60.7 Å². The molecular weight excluding hydrogens is 620 g/mol. The molecule has 4 aromatic rings. The second-order valence-corrected chi connectivity index (χ2v) is 14.1. The summed E-state index contributed by atoms with van der Waals surface area (Å²) in [5.74, 6) is 0.576. The van der Waals surface area contributed by atoms with Crippen LogP contribution in [0, 0.1) is 0 Å². The molecule has 2 saturated heterocycles. The average molecular weight is 657 g/mol. The molecule has 2 fully saturated rings. The van der Waals surface area contributed by atoms with Crippen LogP contribution < -0.4 is 10.6 Å². The van der Waals surface area contributed by atoms with Crippen molar-refractivity contribution < 1.29 is 27.9 Å². The molecule has 3 amide bonds. The Labute approximate surface area is 272 Å². The van der Waals surface area contributed by atoms with Crippen molar-refractivity contribution in [3.05, 3.63) is 95.9 Å². The first-order chi connectivity index (χ1) is 22.6. The Bertz CT molecular complexity index is 1840. The number of carbonyl (C=O) groups excluding carboxylic acids is 2. The SMILES string of the molecule is O=C(O)NCC(=O)N1CCC[C@H]1c1ncc(-c2ccc(-c3ccc(C(=O)Nc4ccc(CN5CCS(=O)(=O)CC5)cc4)cc3)cc2)[nH]1. The van der Waals surface area contributed by atoms with E-state index in [1.54, 1.807) is 23.2 Å². The van der Waals surface area contributed by atoms with Crippen LogP contribution in [0.2, 0.25) is 0 Å². The van der Waals surface area contributed by atoms with E-state index in [0.29, 0.717) is 43.3 Å². The number of benzene rings is 3. The fourth-order valence-corrected chi connectivity index (χ4v) is 7.25. The summed E-state index contributed by atoms with van der Waals surface area (Å²) in [6.07, 6.45) is 2.08. The Balaban J connectivity index is 1.03. The lowest BCUT2D eigenvalue weighted by Crippen LogP contribution is -2.39. The highest BCUT2D eigenvalue weighted by molar-refractivity contribution is 7.91. The van der Waals surface area contributed by atoms with E-state index in [1.165, 1.54) is 0 Å². The number of likely N-dealkylation sites (tertiary alicyclic amines) is 1. The van der Waals surface area contributed by atoms with Crippen LogP contribution in [0.1, 0.15) is 40.6 Å². The topological polar surface area (TPSA) is 165 Å². The third-order valence-corrected chi connectivity index (χ3v) is 10.2. The van der Waals surface area contributed by atoms with E-state index >= 15 is 0 Å². The smallest absolute Gasteiger partial charge is 0.405 e. The summed E-state index contributed by atoms with van der Waals surface area (Å²) in [4.78, 5) is 47.9. The number of rotatable bonds is 9. The van der Waals surface area contributed by atoms with Gasteiger partial charge in [0.25, 0.3) is 5.91 Å². The van der Waals surface area contributed by atoms with Crippen molar-refractivity contribution in [2.24, 2.45) is 0 Å². The molecule has 244 valence electrons. The number of amides is 3. The number of hydrogen-bond acceptors (Lipinski definition) is 7. The second kappa shape index (κ2) is 13.8. The number of H-pyrrole nitrogens is 1. The highest BCUT2D eigenvalue weighted by Gasteiger charge is 2.32. The molecule has 0 spiro atoms. The van der Waals surface area contributed by atoms with E-state index in [0.717, 1.165) is 40.8 Å². The molecule has 0 bridgehead atoms. The molecule has 0 unspecified atom stereocenters. The molecule has 6 rings (SSSR count). The van der Waals surface area contributed by atoms with Gasteiger partial charge in [-0.1, -0.05) is 48.5 Å². The fourth-order valence-electron chi connectivity index (χ4n) is 5.97. The highest BCUT2D eigenvalue weighted by Crippen LogP contribution is 2.32. The second-order valence-electron chi connectivity index (χ2n) is 11.8. The number of carbonyl (C=O) groups is 3. The van der Waals surface area contributed by atoms with E-state index in [9.17, 15) is 22.8 Å². The van der Waals surface area contributed by atoms with Crippen LogP contribution in [-0.2, 0) is 21.2 Å². The van der Waals surface area contributed by atoms with Crippen LogP contribution in [0.15, 0.2) is 79.0 Å². The predicted octanol–water partition coefficient (Wildman–Crippen LogP) is 4.16. The summed E-state index contributed by atoms with van der Waals surface area (Å²) in [5.41, 5.74) is 5.98. The number of nitrogens with zero attached hydrogens (tertiary/aromatic N) is 3. The van der Waals surface area contributed by atoms with E-state index in [-0.39, 0.29) is 35.9 Å². The number of hydrogen-bond donors (Lipinski definition) is 4. The Morgan fingerprint density at radius 2 is 1.51 bits per heavy atom. The van der Waals surface area contributed by atoms with Crippen molar-refractivity contribution in [2.45, 2.75) is 25.4 Å². The van der Waals surface area contributed by atoms with E-state index in [2.05, 4.69) is 25.5 Å². The van der Waals surface area contributed by atoms with Gasteiger partial charge in [-0.2, -0.15) is 0 Å². The number of carboxylic acid groups (broad SMARTS) is 1. The Morgan fingerprint density at radius 3 is 2.17 bits per heavy atom. The van der Waals surface area contributed by atoms with Crippen LogP contribution in [0.4, 0.5) is 10.5 Å². The molecule has 47 heavy (non-hydrogen) atoms. The molecule has 2 aliphatic rings. The zero-order valence-corrected chi connectivity index (χ0v) is 26.5. The van der Waals surface area contributed by atoms with Crippen molar-refractivity contribution in [3.8, 4) is 22.4 Å². The van der Waals surface area contributed by atoms with Gasteiger partial charge in [-0.15, -0.1) is 0 Å². The number of imidazole rings is 1. The summed E-state index contributed by atoms with van der Waals surface area (Å²) in [7, 11) is -2.91. The largest absolute Gasteiger partial charge is 0.465 e. The third kappa shape index (κ3) is 7.87. The molecule has 2 aliphatic heterocycles. The molecule has 0 aliphatic carbocycles. The van der Waals surface area contributed by atoms with Crippen LogP contribution in [0.5, 0.6) is 0 Å². The molecule has 13 heteroatoms. The summed E-state index contributed by atoms with van der Waals surface area (Å²) in [6, 6.07) is 22.7. The number of sulfone groups is 1. The minimum Gasteiger partial charge on any atom is -0.465 e. The number of aromatic amines is 1. The number of anilines is 1. The minimum absolute atomic E-state index is 0.195. The van der Waals surface area contributed by atoms with Gasteiger partial charge in [-0.05, 0) is 59.4 Å². The lowest BCUT2D eigenvalue weighted by atomic mass is 10.0. The van der Waals surface area contributed by atoms with Gasteiger partial charge in [-0.25, -0.2) is 18.2 Å². The maximum Gasteiger partial charge on any atom is 0.405 e. The zero-order chi connectivity index (χ0) is 33.0. The monoisotopic (exact) mass is 656 g/mol. The van der Waals surface area contributed by atoms with Gasteiger partial charge in [-0.3, -0.25) is 14.5 Å². The Morgan fingerprint density at radius 1 is 0.872 bits per heavy atom. The lowest BCUT2D eigenvalue weighted by Gasteiger charge is -2.26. The average Bonchev–Trinajstić information content (AvgIpc) is 3.76. The minimum atomic E-state index is -2.91. The predicted molar refractivity (Wildman–Crippen MR) is 178 cm³/mol. The number of aromatic nitrogens is 2. The molecule has 3 aromatic carbocycles. The van der Waals surface area contributed by atoms with Crippen LogP contribution in [0.3, 0.4) is 0 Å². The van der Waals surface area contributed by atoms with Crippen molar-refractivity contribution in [1.82, 2.24) is 25.1 Å². The molecule has 1 atom stereocenters. The van der Waals surface area contributed by atoms with Crippen LogP contribution >= 0.6 is 0 Å². The molecular formula is C34H36N6O6S. The van der Waals surface area contributed by atoms with Crippen LogP contribution in [-0.4, -0.2) is 88.9 Å². The Hall–Kier alpha value is -5.01. The van der Waals surface area contributed by atoms with E-state index < -0.39 is 15.9 Å². The summed E-state index contributed by atoms with van der Waals surface area (Å²) in [6.45, 7) is 2.03. The first-order valence-corrected chi connectivity index (χ1v) is 17.3. The van der Waals surface area contributed by atoms with Gasteiger partial charge < -0.3 is 25.6 Å². The Kier molecular flexibility index (Phi) is 9.36. The molecule has 4 N–H and O–H groups in total. The summed E-state index contributed by atoms with van der Waals surface area (Å²) >= 11 is 0. The normalized spacial score (nSPS) is 17.7.